The van der Waals surface area contributed by atoms with Gasteiger partial charge in [0.1, 0.15) is 53.2 Å². The number of esters is 5. The molecule has 12 atom stereocenters. The third kappa shape index (κ3) is 11.2. The highest BCUT2D eigenvalue weighted by Gasteiger charge is 2.79. The van der Waals surface area contributed by atoms with Crippen molar-refractivity contribution in [2.75, 3.05) is 6.61 Å². The van der Waals surface area contributed by atoms with Gasteiger partial charge in [-0.3, -0.25) is 28.8 Å². The number of amides is 2. The third-order valence-corrected chi connectivity index (χ3v) is 18.5. The van der Waals surface area contributed by atoms with Crippen LogP contribution in [0.25, 0.3) is 33.4 Å². The highest BCUT2D eigenvalue weighted by atomic mass is 16.6. The highest BCUT2D eigenvalue weighted by molar-refractivity contribution is 6.04. The summed E-state index contributed by atoms with van der Waals surface area (Å²) in [5.74, 6) is -9.21. The molecule has 21 nitrogen and oxygen atoms in total. The van der Waals surface area contributed by atoms with Gasteiger partial charge in [0.2, 0.25) is 0 Å². The maximum absolute atomic E-state index is 16.6. The number of carbonyl (C=O) groups excluding carboxylic acids is 8. The van der Waals surface area contributed by atoms with E-state index in [2.05, 4.69) is 10.6 Å². The molecule has 2 aliphatic heterocycles. The molecule has 4 aliphatic carbocycles. The zero-order valence-electron chi connectivity index (χ0n) is 50.6. The molecule has 0 spiro atoms. The number of aromatic hydroxyl groups is 1. The molecular formula is C70H66N2O19. The minimum absolute atomic E-state index is 0.0193. The van der Waals surface area contributed by atoms with Crippen molar-refractivity contribution in [3.8, 4) is 28.2 Å². The molecule has 1 saturated heterocycles. The standard InChI is InChI=1S/C70H66N2O19/c1-36-51(88-66(83)57(77)56(41-17-11-8-12-18-41)72-63(80)42-19-13-9-14-20-42)34-70(84)61(90-65(82)44-21-15-10-16-22-44)59-68(7,60(78)58(86-38(3)73)55(36)67(70,5)6)52(33-53-69(59,35-85-53)91-39(4)74)89-64(81)37(2)71-62(79)43-25-23-40(24-26-43)54-47-29-27-45(75)31-49(47)87-50-32-46(76)28-30-48(50)54/h8-32,37,51-53,56-59,61,75,77,84H,33-35H2,1-7H3,(H,71,79)(H,72,80)/t37-,51-,52-,53+,56-,57+,58+,59?,61-,68+,69-,70+/m0/s1. The number of nitrogens with one attached hydrogen (secondary N) is 2. The molecule has 5 N–H and O–H groups in total. The molecule has 3 fully saturated rings. The first kappa shape index (κ1) is 62.8. The summed E-state index contributed by atoms with van der Waals surface area (Å²) in [5, 5.41) is 42.6. The van der Waals surface area contributed by atoms with Crippen molar-refractivity contribution in [1.82, 2.24) is 10.6 Å². The van der Waals surface area contributed by atoms with E-state index in [0.717, 1.165) is 13.8 Å². The maximum Gasteiger partial charge on any atom is 0.338 e. The zero-order valence-corrected chi connectivity index (χ0v) is 50.6. The summed E-state index contributed by atoms with van der Waals surface area (Å²) >= 11 is 0. The summed E-state index contributed by atoms with van der Waals surface area (Å²) in [6.45, 7) is 8.92. The van der Waals surface area contributed by atoms with Crippen LogP contribution in [-0.2, 0) is 52.4 Å². The molecule has 2 amide bonds. The number of hydrogen-bond donors (Lipinski definition) is 5. The molecule has 470 valence electrons. The average Bonchev–Trinajstić information content (AvgIpc) is 0.669. The Hall–Kier alpha value is -9.83. The summed E-state index contributed by atoms with van der Waals surface area (Å²) in [5.41, 5.74) is -6.29. The lowest BCUT2D eigenvalue weighted by molar-refractivity contribution is -0.346. The van der Waals surface area contributed by atoms with Crippen LogP contribution in [0.5, 0.6) is 5.75 Å². The normalized spacial score (nSPS) is 25.7. The van der Waals surface area contributed by atoms with Crippen molar-refractivity contribution >= 4 is 58.4 Å². The Labute approximate surface area is 521 Å². The number of benzene rings is 6. The molecule has 91 heavy (non-hydrogen) atoms. The van der Waals surface area contributed by atoms with E-state index < -0.39 is 137 Å². The minimum atomic E-state index is -2.58. The minimum Gasteiger partial charge on any atom is -0.508 e. The smallest absolute Gasteiger partial charge is 0.338 e. The highest BCUT2D eigenvalue weighted by Crippen LogP contribution is 2.65. The first-order chi connectivity index (χ1) is 43.3. The molecule has 5 aromatic rings. The van der Waals surface area contributed by atoms with Gasteiger partial charge >= 0.3 is 29.8 Å². The summed E-state index contributed by atoms with van der Waals surface area (Å²) in [7, 11) is 0. The molecule has 21 heteroatoms. The van der Waals surface area contributed by atoms with Gasteiger partial charge in [-0.1, -0.05) is 92.7 Å². The van der Waals surface area contributed by atoms with Crippen LogP contribution in [0.15, 0.2) is 172 Å². The van der Waals surface area contributed by atoms with Crippen molar-refractivity contribution < 1.29 is 86.5 Å². The van der Waals surface area contributed by atoms with Crippen LogP contribution in [-0.4, -0.2) is 123 Å². The zero-order chi connectivity index (χ0) is 65.1. The second-order valence-corrected chi connectivity index (χ2v) is 24.4. The van der Waals surface area contributed by atoms with Gasteiger partial charge in [-0.15, -0.1) is 0 Å². The molecule has 6 aliphatic rings. The summed E-state index contributed by atoms with van der Waals surface area (Å²) in [6.07, 6.45) is -11.8. The molecule has 11 rings (SSSR count). The van der Waals surface area contributed by atoms with Gasteiger partial charge in [0.15, 0.2) is 29.0 Å². The van der Waals surface area contributed by atoms with Gasteiger partial charge in [-0.25, -0.2) is 14.4 Å². The van der Waals surface area contributed by atoms with Gasteiger partial charge in [0.05, 0.1) is 29.5 Å². The second kappa shape index (κ2) is 24.2. The van der Waals surface area contributed by atoms with Gasteiger partial charge < -0.3 is 58.8 Å². The van der Waals surface area contributed by atoms with Crippen LogP contribution in [0.4, 0.5) is 0 Å². The fourth-order valence-corrected chi connectivity index (χ4v) is 13.9. The number of ether oxygens (including phenoxy) is 6. The number of phenolic OH excluding ortho intramolecular Hbond substituents is 1. The summed E-state index contributed by atoms with van der Waals surface area (Å²) < 4.78 is 43.8. The Bertz CT molecular complexity index is 4110. The molecule has 2 heterocycles. The SMILES string of the molecule is CC(=O)O[C@H]1C(=O)[C@@]2(C)C([C@H](OC(=O)c3ccccc3)[C@]3(O)C[C@H](OC(=O)[C@H](O)[C@@H](NC(=O)c4ccccc4)c4ccccc4)C(C)=C1C3(C)C)[C@]1(OC(C)=O)CO[C@@H]1C[C@@H]2OC(=O)[C@H](C)NC(=O)c1ccc(-c2c3ccc(=O)cc-3oc3cc(O)ccc23)cc1. The van der Waals surface area contributed by atoms with Gasteiger partial charge in [-0.2, -0.15) is 0 Å². The van der Waals surface area contributed by atoms with Crippen molar-refractivity contribution in [3.63, 3.8) is 0 Å². The Morgan fingerprint density at radius 1 is 0.692 bits per heavy atom. The van der Waals surface area contributed by atoms with Gasteiger partial charge in [-0.05, 0) is 104 Å². The fourth-order valence-electron chi connectivity index (χ4n) is 13.9. The Kier molecular flexibility index (Phi) is 16.7. The van der Waals surface area contributed by atoms with Crippen LogP contribution < -0.4 is 16.1 Å². The van der Waals surface area contributed by atoms with E-state index in [4.69, 9.17) is 32.8 Å². The largest absolute Gasteiger partial charge is 0.508 e. The summed E-state index contributed by atoms with van der Waals surface area (Å²) in [4.78, 5) is 128. The summed E-state index contributed by atoms with van der Waals surface area (Å²) in [6, 6.07) is 36.3. The number of aliphatic hydroxyl groups is 2. The predicted molar refractivity (Wildman–Crippen MR) is 325 cm³/mol. The van der Waals surface area contributed by atoms with Crippen LogP contribution in [0.2, 0.25) is 0 Å². The van der Waals surface area contributed by atoms with E-state index in [9.17, 15) is 53.7 Å². The third-order valence-electron chi connectivity index (χ3n) is 18.5. The number of carbonyl (C=O) groups is 8. The number of ketones is 1. The lowest BCUT2D eigenvalue weighted by Gasteiger charge is -2.67. The van der Waals surface area contributed by atoms with Crippen LogP contribution in [0.1, 0.15) is 104 Å². The van der Waals surface area contributed by atoms with Gasteiger partial charge in [0.25, 0.3) is 11.8 Å². The van der Waals surface area contributed by atoms with E-state index >= 15 is 4.79 Å². The van der Waals surface area contributed by atoms with Crippen LogP contribution in [0, 0.1) is 16.7 Å². The monoisotopic (exact) mass is 1240 g/mol. The van der Waals surface area contributed by atoms with Crippen LogP contribution in [0.3, 0.4) is 0 Å². The molecule has 1 unspecified atom stereocenters. The number of aliphatic hydroxyl groups excluding tert-OH is 1. The quantitative estimate of drug-likeness (QED) is 0.0284. The number of hydrogen-bond acceptors (Lipinski definition) is 19. The number of Topliss-reactive ketones (excluding diaryl/α,β-unsaturated/α-hetero) is 1. The topological polar surface area (TPSA) is 307 Å². The maximum atomic E-state index is 16.6. The van der Waals surface area contributed by atoms with E-state index in [1.807, 2.05) is 0 Å². The number of fused-ring (bicyclic) bond motifs is 7. The molecule has 0 aromatic heterocycles. The van der Waals surface area contributed by atoms with Crippen LogP contribution >= 0.6 is 0 Å². The molecule has 2 saturated carbocycles. The number of phenols is 1. The first-order valence-electron chi connectivity index (χ1n) is 29.6. The lowest BCUT2D eigenvalue weighted by atomic mass is 9.44. The first-order valence-corrected chi connectivity index (χ1v) is 29.6. The van der Waals surface area contributed by atoms with Crippen molar-refractivity contribution in [2.24, 2.45) is 16.7 Å². The van der Waals surface area contributed by atoms with Crippen molar-refractivity contribution in [1.29, 1.82) is 0 Å². The Balaban J connectivity index is 0.971. The molecule has 0 radical (unpaired) electrons. The van der Waals surface area contributed by atoms with Gasteiger partial charge in [0, 0.05) is 71.9 Å². The van der Waals surface area contributed by atoms with E-state index in [1.165, 1.54) is 83.1 Å². The average molecular weight is 1240 g/mol. The fraction of sp³-hybridized carbons (Fsp3) is 0.329. The Morgan fingerprint density at radius 2 is 1.32 bits per heavy atom. The second-order valence-electron chi connectivity index (χ2n) is 24.4. The van der Waals surface area contributed by atoms with E-state index in [1.54, 1.807) is 103 Å². The van der Waals surface area contributed by atoms with E-state index in [0.29, 0.717) is 33.2 Å². The number of rotatable bonds is 15. The molecule has 2 bridgehead atoms. The van der Waals surface area contributed by atoms with Crippen molar-refractivity contribution in [3.05, 3.63) is 195 Å². The molecule has 5 aromatic carbocycles. The van der Waals surface area contributed by atoms with Crippen molar-refractivity contribution in [2.45, 2.75) is 121 Å². The van der Waals surface area contributed by atoms with E-state index in [-0.39, 0.29) is 51.2 Å². The Morgan fingerprint density at radius 3 is 1.95 bits per heavy atom. The molecular weight excluding hydrogens is 1170 g/mol. The lowest BCUT2D eigenvalue weighted by Crippen LogP contribution is -2.82. The predicted octanol–water partition coefficient (Wildman–Crippen LogP) is 7.69.